The third-order valence-electron chi connectivity index (χ3n) is 6.68. The third kappa shape index (κ3) is 3.83. The molecule has 6 nitrogen and oxygen atoms in total. The summed E-state index contributed by atoms with van der Waals surface area (Å²) in [6, 6.07) is 7.64. The van der Waals surface area contributed by atoms with Crippen LogP contribution in [0.5, 0.6) is 5.75 Å². The number of benzene rings is 2. The van der Waals surface area contributed by atoms with E-state index in [1.165, 1.54) is 12.1 Å². The second kappa shape index (κ2) is 8.41. The van der Waals surface area contributed by atoms with Crippen LogP contribution in [0.15, 0.2) is 35.2 Å². The van der Waals surface area contributed by atoms with E-state index in [0.717, 1.165) is 56.8 Å². The van der Waals surface area contributed by atoms with Crippen LogP contribution in [0.4, 0.5) is 15.8 Å². The van der Waals surface area contributed by atoms with Crippen molar-refractivity contribution < 1.29 is 18.5 Å². The average molecular weight is 478 g/mol. The van der Waals surface area contributed by atoms with E-state index in [1.807, 2.05) is 6.07 Å². The van der Waals surface area contributed by atoms with Gasteiger partial charge in [-0.3, -0.25) is 4.79 Å². The molecule has 1 amide bonds. The van der Waals surface area contributed by atoms with Crippen LogP contribution in [0.2, 0.25) is 5.02 Å². The minimum Gasteiger partial charge on any atom is -0.588 e. The zero-order valence-electron chi connectivity index (χ0n) is 17.7. The number of rotatable bonds is 5. The lowest BCUT2D eigenvalue weighted by atomic mass is 9.65. The van der Waals surface area contributed by atoms with Crippen molar-refractivity contribution in [3.63, 3.8) is 0 Å². The molecule has 2 fully saturated rings. The Morgan fingerprint density at radius 3 is 2.81 bits per heavy atom. The van der Waals surface area contributed by atoms with E-state index in [1.54, 1.807) is 6.07 Å². The summed E-state index contributed by atoms with van der Waals surface area (Å²) in [4.78, 5) is 15.1. The molecule has 0 aromatic heterocycles. The Labute approximate surface area is 194 Å². The minimum absolute atomic E-state index is 0.00199. The van der Waals surface area contributed by atoms with Crippen molar-refractivity contribution in [1.29, 1.82) is 0 Å². The van der Waals surface area contributed by atoms with Gasteiger partial charge in [-0.1, -0.05) is 18.0 Å². The number of likely N-dealkylation sites (N-methyl/N-ethyl adjacent to an activating group) is 1. The van der Waals surface area contributed by atoms with Crippen LogP contribution in [0.3, 0.4) is 0 Å². The maximum atomic E-state index is 14.3. The maximum absolute atomic E-state index is 14.3. The van der Waals surface area contributed by atoms with E-state index >= 15 is 0 Å². The van der Waals surface area contributed by atoms with Gasteiger partial charge >= 0.3 is 0 Å². The Bertz CT molecular complexity index is 1070. The summed E-state index contributed by atoms with van der Waals surface area (Å²) < 4.78 is 36.4. The van der Waals surface area contributed by atoms with Gasteiger partial charge in [-0.05, 0) is 63.0 Å². The number of fused-ring (bicyclic) bond motifs is 2. The Balaban J connectivity index is 1.48. The van der Waals surface area contributed by atoms with Crippen LogP contribution in [0.25, 0.3) is 0 Å². The van der Waals surface area contributed by atoms with Gasteiger partial charge in [0.25, 0.3) is 0 Å². The van der Waals surface area contributed by atoms with E-state index in [-0.39, 0.29) is 21.9 Å². The summed E-state index contributed by atoms with van der Waals surface area (Å²) in [5.41, 5.74) is 1.54. The zero-order chi connectivity index (χ0) is 22.5. The quantitative estimate of drug-likeness (QED) is 0.622. The molecule has 2 aromatic rings. The zero-order valence-corrected chi connectivity index (χ0v) is 19.3. The molecule has 2 unspecified atom stereocenters. The molecule has 9 heteroatoms. The molecule has 1 saturated heterocycles. The number of likely N-dealkylation sites (tertiary alicyclic amines) is 1. The number of piperidine rings is 1. The van der Waals surface area contributed by atoms with Crippen molar-refractivity contribution in [3.8, 4) is 5.75 Å². The molecular weight excluding hydrogens is 453 g/mol. The molecule has 170 valence electrons. The van der Waals surface area contributed by atoms with Gasteiger partial charge in [-0.15, -0.1) is 0 Å². The Morgan fingerprint density at radius 1 is 1.31 bits per heavy atom. The van der Waals surface area contributed by atoms with Crippen LogP contribution in [-0.4, -0.2) is 41.6 Å². The highest BCUT2D eigenvalue weighted by molar-refractivity contribution is 7.92. The lowest BCUT2D eigenvalue weighted by Gasteiger charge is -2.36. The molecule has 0 bridgehead atoms. The summed E-state index contributed by atoms with van der Waals surface area (Å²) >= 11 is 3.98. The predicted octanol–water partition coefficient (Wildman–Crippen LogP) is 4.46. The van der Waals surface area contributed by atoms with Crippen LogP contribution < -0.4 is 14.8 Å². The summed E-state index contributed by atoms with van der Waals surface area (Å²) in [6.45, 7) is 1.83. The number of ether oxygens (including phenoxy) is 1. The fraction of sp³-hybridized carbons (Fsp3) is 0.435. The van der Waals surface area contributed by atoms with Gasteiger partial charge in [0.2, 0.25) is 10.8 Å². The SMILES string of the molecule is CN1CCCC(Oc2cc(N[S+]([O-])c3ccc(Cl)cc3F)cc3c2NC(=O)C32CCC2)C1. The Morgan fingerprint density at radius 2 is 2.12 bits per heavy atom. The van der Waals surface area contributed by atoms with Gasteiger partial charge in [0.05, 0.1) is 16.8 Å². The van der Waals surface area contributed by atoms with E-state index in [0.29, 0.717) is 17.1 Å². The number of nitrogens with zero attached hydrogens (tertiary/aromatic N) is 1. The average Bonchev–Trinajstić information content (AvgIpc) is 3.00. The number of anilines is 2. The first kappa shape index (κ1) is 21.8. The number of hydrogen-bond acceptors (Lipinski definition) is 5. The third-order valence-corrected chi connectivity index (χ3v) is 8.06. The maximum Gasteiger partial charge on any atom is 0.235 e. The summed E-state index contributed by atoms with van der Waals surface area (Å²) in [7, 11) is 2.06. The second-order valence-electron chi connectivity index (χ2n) is 8.88. The highest BCUT2D eigenvalue weighted by Gasteiger charge is 2.52. The number of amides is 1. The van der Waals surface area contributed by atoms with Crippen molar-refractivity contribution in [2.45, 2.75) is 48.5 Å². The lowest BCUT2D eigenvalue weighted by Crippen LogP contribution is -2.40. The molecule has 2 N–H and O–H groups in total. The van der Waals surface area contributed by atoms with Crippen molar-refractivity contribution in [3.05, 3.63) is 46.7 Å². The molecule has 0 radical (unpaired) electrons. The Kier molecular flexibility index (Phi) is 5.73. The molecule has 3 aliphatic rings. The van der Waals surface area contributed by atoms with Crippen molar-refractivity contribution in [1.82, 2.24) is 4.90 Å². The predicted molar refractivity (Wildman–Crippen MR) is 123 cm³/mol. The van der Waals surface area contributed by atoms with Gasteiger partial charge in [0.15, 0.2) is 5.82 Å². The van der Waals surface area contributed by atoms with Crippen molar-refractivity contribution >= 4 is 40.2 Å². The molecule has 2 aliphatic heterocycles. The number of nitrogens with one attached hydrogen (secondary N) is 2. The van der Waals surface area contributed by atoms with E-state index < -0.39 is 22.6 Å². The summed E-state index contributed by atoms with van der Waals surface area (Å²) in [6.07, 6.45) is 4.50. The molecule has 1 aliphatic carbocycles. The van der Waals surface area contributed by atoms with Gasteiger partial charge in [-0.25, -0.2) is 9.11 Å². The topological polar surface area (TPSA) is 76.7 Å². The molecule has 2 atom stereocenters. The molecule has 2 heterocycles. The van der Waals surface area contributed by atoms with E-state index in [9.17, 15) is 13.7 Å². The molecular formula is C23H25ClFN3O3S. The van der Waals surface area contributed by atoms with Crippen LogP contribution in [-0.2, 0) is 21.6 Å². The number of halogens is 2. The smallest absolute Gasteiger partial charge is 0.235 e. The molecule has 2 aromatic carbocycles. The van der Waals surface area contributed by atoms with E-state index in [4.69, 9.17) is 16.3 Å². The van der Waals surface area contributed by atoms with Crippen LogP contribution in [0, 0.1) is 5.82 Å². The van der Waals surface area contributed by atoms with Crippen LogP contribution in [0.1, 0.15) is 37.7 Å². The molecule has 5 rings (SSSR count). The number of carbonyl (C=O) groups excluding carboxylic acids is 1. The van der Waals surface area contributed by atoms with Gasteiger partial charge in [0.1, 0.15) is 23.2 Å². The first-order chi connectivity index (χ1) is 15.4. The van der Waals surface area contributed by atoms with Gasteiger partial charge in [-0.2, -0.15) is 0 Å². The summed E-state index contributed by atoms with van der Waals surface area (Å²) in [5.74, 6) is -0.0825. The first-order valence-corrected chi connectivity index (χ1v) is 12.4. The van der Waals surface area contributed by atoms with Gasteiger partial charge < -0.3 is 19.5 Å². The fourth-order valence-corrected chi connectivity index (χ4v) is 5.87. The normalized spacial score (nSPS) is 22.8. The standard InChI is InChI=1S/C23H25ClFN3O3S/c1-28-9-2-4-16(13-28)31-19-12-15(27-32(30)20-6-5-14(24)10-18(20)25)11-17-21(19)26-22(29)23(17)7-3-8-23/h5-6,10-12,16,27H,2-4,7-9,13H2,1H3,(H,26,29). The number of carbonyl (C=O) groups is 1. The fourth-order valence-electron chi connectivity index (χ4n) is 4.84. The monoisotopic (exact) mass is 477 g/mol. The molecule has 1 spiro atoms. The molecule has 1 saturated carbocycles. The second-order valence-corrected chi connectivity index (χ2v) is 10.5. The van der Waals surface area contributed by atoms with Crippen molar-refractivity contribution in [2.24, 2.45) is 0 Å². The summed E-state index contributed by atoms with van der Waals surface area (Å²) in [5, 5.41) is 3.27. The lowest BCUT2D eigenvalue weighted by molar-refractivity contribution is -0.123. The largest absolute Gasteiger partial charge is 0.588 e. The molecule has 32 heavy (non-hydrogen) atoms. The first-order valence-electron chi connectivity index (χ1n) is 10.8. The highest BCUT2D eigenvalue weighted by atomic mass is 35.5. The Hall–Kier alpha value is -2.00. The number of hydrogen-bond donors (Lipinski definition) is 2. The van der Waals surface area contributed by atoms with Gasteiger partial charge in [0, 0.05) is 23.7 Å². The minimum atomic E-state index is -1.84. The van der Waals surface area contributed by atoms with Crippen molar-refractivity contribution in [2.75, 3.05) is 30.2 Å². The van der Waals surface area contributed by atoms with Crippen LogP contribution >= 0.6 is 11.6 Å². The highest BCUT2D eigenvalue weighted by Crippen LogP contribution is 2.54. The van der Waals surface area contributed by atoms with E-state index in [2.05, 4.69) is 22.0 Å².